The average molecular weight is 720 g/mol. The maximum atomic E-state index is 13.8. The Morgan fingerprint density at radius 3 is 2.79 bits per heavy atom. The number of aryl methyl sites for hydroxylation is 1. The number of aliphatic imine (C=N–C) groups is 2. The SMILES string of the molecule is C=C1C(NC(C)C(=O)CC2=NCC=N2)CC2[C@](C)(CC[C@@H](O)[C@@]2(C)CO)C1CC(Nc1ccccn1)C1=C/C(=C\c2ccc3c(c2)ncn3C)OC1=O. The van der Waals surface area contributed by atoms with Crippen LogP contribution in [0.2, 0.25) is 0 Å². The van der Waals surface area contributed by atoms with Crippen molar-refractivity contribution in [3.63, 3.8) is 0 Å². The molecule has 53 heavy (non-hydrogen) atoms. The predicted octanol–water partition coefficient (Wildman–Crippen LogP) is 4.80. The van der Waals surface area contributed by atoms with E-state index >= 15 is 0 Å². The Labute approximate surface area is 309 Å². The van der Waals surface area contributed by atoms with Gasteiger partial charge in [-0.3, -0.25) is 9.79 Å². The van der Waals surface area contributed by atoms with Gasteiger partial charge in [0.05, 0.1) is 60.7 Å². The van der Waals surface area contributed by atoms with E-state index in [1.165, 1.54) is 0 Å². The number of aliphatic hydroxyl groups is 2. The predicted molar refractivity (Wildman–Crippen MR) is 205 cm³/mol. The van der Waals surface area contributed by atoms with Crippen molar-refractivity contribution in [1.82, 2.24) is 19.9 Å². The number of Topliss-reactive ketones (excluding diaryl/α,β-unsaturated/α-hetero) is 1. The van der Waals surface area contributed by atoms with Crippen molar-refractivity contribution < 1.29 is 24.5 Å². The number of fused-ring (bicyclic) bond motifs is 2. The fourth-order valence-electron chi connectivity index (χ4n) is 9.15. The van der Waals surface area contributed by atoms with Gasteiger partial charge >= 0.3 is 5.97 Å². The molecule has 1 aromatic carbocycles. The van der Waals surface area contributed by atoms with Crippen LogP contribution in [-0.4, -0.2) is 85.9 Å². The molecule has 2 aliphatic heterocycles. The first-order chi connectivity index (χ1) is 25.4. The summed E-state index contributed by atoms with van der Waals surface area (Å²) in [7, 11) is 1.94. The zero-order chi connectivity index (χ0) is 37.5. The summed E-state index contributed by atoms with van der Waals surface area (Å²) in [6.07, 6.45) is 10.5. The van der Waals surface area contributed by atoms with Gasteiger partial charge in [-0.15, -0.1) is 0 Å². The Morgan fingerprint density at radius 1 is 1.23 bits per heavy atom. The van der Waals surface area contributed by atoms with Crippen LogP contribution in [0.25, 0.3) is 17.1 Å². The molecule has 4 N–H and O–H groups in total. The number of aliphatic hydroxyl groups excluding tert-OH is 2. The normalized spacial score (nSPS) is 30.2. The summed E-state index contributed by atoms with van der Waals surface area (Å²) in [6, 6.07) is 10.2. The molecule has 12 heteroatoms. The molecular weight excluding hydrogens is 670 g/mol. The van der Waals surface area contributed by atoms with E-state index in [1.54, 1.807) is 24.8 Å². The number of carbonyl (C=O) groups is 2. The van der Waals surface area contributed by atoms with Crippen molar-refractivity contribution in [2.45, 2.75) is 77.1 Å². The van der Waals surface area contributed by atoms with Gasteiger partial charge in [0.2, 0.25) is 0 Å². The van der Waals surface area contributed by atoms with Gasteiger partial charge in [-0.05, 0) is 91.8 Å². The summed E-state index contributed by atoms with van der Waals surface area (Å²) in [5.74, 6) is 0.791. The fourth-order valence-corrected chi connectivity index (χ4v) is 9.15. The number of imidazole rings is 1. The summed E-state index contributed by atoms with van der Waals surface area (Å²) < 4.78 is 7.82. The Balaban J connectivity index is 1.23. The third-order valence-corrected chi connectivity index (χ3v) is 12.3. The van der Waals surface area contributed by atoms with E-state index in [2.05, 4.69) is 44.1 Å². The first-order valence-electron chi connectivity index (χ1n) is 18.5. The van der Waals surface area contributed by atoms with Crippen molar-refractivity contribution in [3.05, 3.63) is 84.0 Å². The third-order valence-electron chi connectivity index (χ3n) is 12.3. The molecule has 2 aromatic heterocycles. The topological polar surface area (TPSA) is 163 Å². The molecular formula is C41H49N7O5. The molecule has 3 aromatic rings. The molecule has 2 fully saturated rings. The van der Waals surface area contributed by atoms with Crippen LogP contribution in [0.1, 0.15) is 58.4 Å². The Bertz CT molecular complexity index is 2040. The van der Waals surface area contributed by atoms with Gasteiger partial charge in [0.25, 0.3) is 0 Å². The number of rotatable bonds is 12. The highest BCUT2D eigenvalue weighted by atomic mass is 16.5. The number of nitrogens with zero attached hydrogens (tertiary/aromatic N) is 5. The minimum atomic E-state index is -0.785. The van der Waals surface area contributed by atoms with Crippen molar-refractivity contribution in [2.75, 3.05) is 18.5 Å². The first-order valence-corrected chi connectivity index (χ1v) is 18.5. The second-order valence-corrected chi connectivity index (χ2v) is 15.6. The van der Waals surface area contributed by atoms with E-state index in [9.17, 15) is 19.8 Å². The van der Waals surface area contributed by atoms with Crippen LogP contribution in [0.5, 0.6) is 0 Å². The van der Waals surface area contributed by atoms with Gasteiger partial charge in [-0.25, -0.2) is 19.8 Å². The van der Waals surface area contributed by atoms with Crippen molar-refractivity contribution in [2.24, 2.45) is 39.7 Å². The van der Waals surface area contributed by atoms with Gasteiger partial charge in [0, 0.05) is 30.9 Å². The fraction of sp³-hybridized carbons (Fsp3) is 0.463. The van der Waals surface area contributed by atoms with Gasteiger partial charge in [-0.1, -0.05) is 38.1 Å². The van der Waals surface area contributed by atoms with E-state index in [0.717, 1.165) is 22.2 Å². The Morgan fingerprint density at radius 2 is 2.06 bits per heavy atom. The number of hydrogen-bond acceptors (Lipinski definition) is 11. The van der Waals surface area contributed by atoms with Crippen LogP contribution in [0, 0.1) is 22.7 Å². The van der Waals surface area contributed by atoms with E-state index in [1.807, 2.05) is 67.9 Å². The van der Waals surface area contributed by atoms with Crippen LogP contribution < -0.4 is 10.6 Å². The summed E-state index contributed by atoms with van der Waals surface area (Å²) in [6.45, 7) is 11.0. The van der Waals surface area contributed by atoms with Gasteiger partial charge in [0.15, 0.2) is 5.78 Å². The van der Waals surface area contributed by atoms with Crippen molar-refractivity contribution in [3.8, 4) is 0 Å². The minimum Gasteiger partial charge on any atom is -0.423 e. The maximum absolute atomic E-state index is 13.8. The van der Waals surface area contributed by atoms with Crippen LogP contribution in [0.4, 0.5) is 5.82 Å². The summed E-state index contributed by atoms with van der Waals surface area (Å²) in [4.78, 5) is 44.6. The van der Waals surface area contributed by atoms with E-state index in [0.29, 0.717) is 55.2 Å². The molecule has 278 valence electrons. The lowest BCUT2D eigenvalue weighted by molar-refractivity contribution is -0.156. The number of hydrogen-bond donors (Lipinski definition) is 4. The zero-order valence-electron chi connectivity index (χ0n) is 30.8. The largest absolute Gasteiger partial charge is 0.423 e. The van der Waals surface area contributed by atoms with Crippen LogP contribution in [0.15, 0.2) is 88.5 Å². The van der Waals surface area contributed by atoms with Gasteiger partial charge in [0.1, 0.15) is 17.4 Å². The molecule has 8 atom stereocenters. The van der Waals surface area contributed by atoms with E-state index in [4.69, 9.17) is 4.74 Å². The molecule has 2 saturated carbocycles. The number of ether oxygens (including phenoxy) is 1. The number of benzene rings is 1. The summed E-state index contributed by atoms with van der Waals surface area (Å²) in [5, 5.41) is 29.3. The number of aromatic nitrogens is 3. The quantitative estimate of drug-likeness (QED) is 0.152. The number of pyridine rings is 1. The molecule has 0 amide bonds. The second kappa shape index (κ2) is 14.6. The molecule has 4 aliphatic rings. The maximum Gasteiger partial charge on any atom is 0.341 e. The van der Waals surface area contributed by atoms with Crippen molar-refractivity contribution in [1.29, 1.82) is 0 Å². The average Bonchev–Trinajstić information content (AvgIpc) is 3.89. The molecule has 7 rings (SSSR count). The second-order valence-electron chi connectivity index (χ2n) is 15.6. The molecule has 0 saturated heterocycles. The molecule has 0 bridgehead atoms. The van der Waals surface area contributed by atoms with Gasteiger partial charge in [-0.2, -0.15) is 0 Å². The molecule has 0 radical (unpaired) electrons. The number of amidine groups is 1. The third kappa shape index (κ3) is 7.03. The number of ketones is 1. The smallest absolute Gasteiger partial charge is 0.341 e. The number of cyclic esters (lactones) is 1. The monoisotopic (exact) mass is 719 g/mol. The lowest BCUT2D eigenvalue weighted by Crippen LogP contribution is -2.62. The molecule has 12 nitrogen and oxygen atoms in total. The number of nitrogens with one attached hydrogen (secondary N) is 2. The van der Waals surface area contributed by atoms with Crippen molar-refractivity contribution >= 4 is 46.7 Å². The molecule has 0 spiro atoms. The first kappa shape index (κ1) is 36.6. The standard InChI is InChI=1S/C41H49N7O5/c1-24-29(40(3)12-11-36(51)41(4,22-49)35(40)20-30(24)46-25(2)34(50)21-38-43-14-15-44-38)19-31(47-37-8-6-7-13-42-37)28-18-27(53-39(28)52)16-26-9-10-33-32(17-26)45-23-48(33)5/h6-10,13-14,16-18,23,25,29-31,35-36,46,49,51H,1,11-12,15,19-22H2,2-5H3,(H,42,47)/b27-16+/t25?,29?,30?,31?,35?,36-,40-,41+/m1/s1. The Kier molecular flexibility index (Phi) is 10.1. The minimum absolute atomic E-state index is 0.0239. The highest BCUT2D eigenvalue weighted by Gasteiger charge is 2.60. The highest BCUT2D eigenvalue weighted by Crippen LogP contribution is 2.62. The summed E-state index contributed by atoms with van der Waals surface area (Å²) >= 11 is 0. The number of anilines is 1. The van der Waals surface area contributed by atoms with Crippen LogP contribution in [-0.2, 0) is 21.4 Å². The molecule has 4 heterocycles. The van der Waals surface area contributed by atoms with Crippen LogP contribution in [0.3, 0.4) is 0 Å². The number of carbonyl (C=O) groups excluding carboxylic acids is 2. The lowest BCUT2D eigenvalue weighted by atomic mass is 9.45. The number of allylic oxidation sites excluding steroid dienone is 1. The zero-order valence-corrected chi connectivity index (χ0v) is 30.8. The number of esters is 1. The van der Waals surface area contributed by atoms with Gasteiger partial charge < -0.3 is 30.2 Å². The lowest BCUT2D eigenvalue weighted by Gasteiger charge is -2.62. The Hall–Kier alpha value is -4.78. The van der Waals surface area contributed by atoms with Crippen LogP contribution >= 0.6 is 0 Å². The van der Waals surface area contributed by atoms with E-state index < -0.39 is 35.0 Å². The summed E-state index contributed by atoms with van der Waals surface area (Å²) in [5.41, 5.74) is 2.92. The molecule has 2 aliphatic carbocycles. The van der Waals surface area contributed by atoms with E-state index in [-0.39, 0.29) is 36.7 Å². The highest BCUT2D eigenvalue weighted by molar-refractivity contribution is 6.07. The molecule has 5 unspecified atom stereocenters.